The normalized spacial score (nSPS) is 28.6. The molecule has 4 fully saturated rings. The number of fused-ring (bicyclic) bond motifs is 3. The van der Waals surface area contributed by atoms with Crippen LogP contribution in [0.5, 0.6) is 0 Å². The van der Waals surface area contributed by atoms with Gasteiger partial charge in [0.15, 0.2) is 0 Å². The number of amides is 3. The van der Waals surface area contributed by atoms with Crippen molar-refractivity contribution in [2.24, 2.45) is 11.3 Å². The second kappa shape index (κ2) is 10.7. The van der Waals surface area contributed by atoms with Gasteiger partial charge in [0.2, 0.25) is 11.8 Å². The fourth-order valence-corrected chi connectivity index (χ4v) is 8.86. The molecule has 7 rings (SSSR count). The standard InChI is InChI=1S/C31H33F2N4O6PS/c1-30-12-21(30)11-23(35-27(38)26-10-18-9-20(4-7-25(18)45-26)31(32,33)44(41,42)43)28(39)37-22(13-30)5-6-24(37)29(40)36-15-19(16-36)17-3-2-8-34-14-17/h2-4,7-10,14,19,21-24H,5-6,11-13,15-16H2,1H3,(H,35,38)(H2,41,42,43)/t21-,22-,23+,24+,30-/m1/s1. The Bertz CT molecular complexity index is 1740. The third-order valence-electron chi connectivity index (χ3n) is 10.2. The van der Waals surface area contributed by atoms with Crippen LogP contribution in [-0.2, 0) is 19.8 Å². The van der Waals surface area contributed by atoms with E-state index in [0.717, 1.165) is 48.3 Å². The number of carbonyl (C=O) groups is 3. The molecule has 1 saturated carbocycles. The van der Waals surface area contributed by atoms with Crippen molar-refractivity contribution in [2.45, 2.75) is 68.7 Å². The number of likely N-dealkylation sites (tertiary alicyclic amines) is 1. The van der Waals surface area contributed by atoms with Crippen LogP contribution in [0.15, 0.2) is 48.8 Å². The fraction of sp³-hybridized carbons (Fsp3) is 0.484. The van der Waals surface area contributed by atoms with E-state index in [4.69, 9.17) is 9.79 Å². The minimum atomic E-state index is -5.75. The molecule has 0 unspecified atom stereocenters. The number of pyridine rings is 1. The maximum absolute atomic E-state index is 14.3. The highest BCUT2D eigenvalue weighted by molar-refractivity contribution is 7.52. The van der Waals surface area contributed by atoms with E-state index >= 15 is 0 Å². The minimum Gasteiger partial charge on any atom is -0.340 e. The van der Waals surface area contributed by atoms with Crippen molar-refractivity contribution in [3.63, 3.8) is 0 Å². The van der Waals surface area contributed by atoms with Gasteiger partial charge in [0.05, 0.1) is 4.88 Å². The van der Waals surface area contributed by atoms with Crippen LogP contribution in [0.4, 0.5) is 8.78 Å². The number of aromatic nitrogens is 1. The molecule has 0 radical (unpaired) electrons. The molecule has 3 amide bonds. The molecule has 14 heteroatoms. The number of hydrogen-bond acceptors (Lipinski definition) is 6. The van der Waals surface area contributed by atoms with E-state index in [1.165, 1.54) is 12.1 Å². The van der Waals surface area contributed by atoms with Crippen LogP contribution in [-0.4, -0.2) is 73.5 Å². The molecular weight excluding hydrogens is 625 g/mol. The minimum absolute atomic E-state index is 0.0325. The lowest BCUT2D eigenvalue weighted by Gasteiger charge is -2.43. The largest absolute Gasteiger partial charge is 0.399 e. The first kappa shape index (κ1) is 30.4. The average Bonchev–Trinajstić information content (AvgIpc) is 3.27. The molecule has 3 saturated heterocycles. The molecule has 0 bridgehead atoms. The molecule has 3 N–H and O–H groups in total. The van der Waals surface area contributed by atoms with Gasteiger partial charge in [-0.15, -0.1) is 11.3 Å². The number of benzene rings is 1. The van der Waals surface area contributed by atoms with Crippen LogP contribution >= 0.6 is 18.9 Å². The van der Waals surface area contributed by atoms with Crippen molar-refractivity contribution in [1.82, 2.24) is 20.1 Å². The maximum atomic E-state index is 14.3. The van der Waals surface area contributed by atoms with Crippen molar-refractivity contribution >= 4 is 46.7 Å². The first-order chi connectivity index (χ1) is 21.2. The SMILES string of the molecule is C[C@@]12C[C@H]3CC[C@@H](C(=O)N4CC(c5cccnc5)C4)N3C(=O)[C@@H](NC(=O)c3cc4cc(C(F)(F)P(=O)(O)O)ccc4s3)C[C@@H]1C2. The zero-order valence-corrected chi connectivity index (χ0v) is 26.1. The maximum Gasteiger partial charge on any atom is 0.399 e. The van der Waals surface area contributed by atoms with Gasteiger partial charge in [-0.05, 0) is 78.7 Å². The fourth-order valence-electron chi connectivity index (χ4n) is 7.44. The number of rotatable bonds is 6. The van der Waals surface area contributed by atoms with Crippen LogP contribution in [0.3, 0.4) is 0 Å². The van der Waals surface area contributed by atoms with Gasteiger partial charge in [0.25, 0.3) is 5.91 Å². The predicted octanol–water partition coefficient (Wildman–Crippen LogP) is 4.43. The van der Waals surface area contributed by atoms with E-state index in [9.17, 15) is 27.7 Å². The Hall–Kier alpha value is -3.25. The molecule has 3 aliphatic heterocycles. The lowest BCUT2D eigenvalue weighted by Crippen LogP contribution is -2.60. The Morgan fingerprint density at radius 3 is 2.64 bits per heavy atom. The lowest BCUT2D eigenvalue weighted by molar-refractivity contribution is -0.150. The quantitative estimate of drug-likeness (QED) is 0.333. The van der Waals surface area contributed by atoms with Crippen LogP contribution < -0.4 is 5.32 Å². The van der Waals surface area contributed by atoms with Gasteiger partial charge in [-0.3, -0.25) is 23.9 Å². The van der Waals surface area contributed by atoms with Gasteiger partial charge in [-0.2, -0.15) is 8.78 Å². The van der Waals surface area contributed by atoms with Crippen LogP contribution in [0.25, 0.3) is 10.1 Å². The summed E-state index contributed by atoms with van der Waals surface area (Å²) in [5.74, 6) is -0.407. The van der Waals surface area contributed by atoms with E-state index in [1.54, 1.807) is 16.0 Å². The molecule has 2 aromatic heterocycles. The Morgan fingerprint density at radius 2 is 1.93 bits per heavy atom. The van der Waals surface area contributed by atoms with Crippen molar-refractivity contribution < 1.29 is 37.5 Å². The second-order valence-electron chi connectivity index (χ2n) is 13.2. The Labute approximate surface area is 262 Å². The molecule has 0 spiro atoms. The number of halogens is 2. The summed E-state index contributed by atoms with van der Waals surface area (Å²) in [7, 11) is -5.75. The van der Waals surface area contributed by atoms with E-state index in [1.807, 2.05) is 18.3 Å². The summed E-state index contributed by atoms with van der Waals surface area (Å²) in [6, 6.07) is 6.94. The topological polar surface area (TPSA) is 140 Å². The Morgan fingerprint density at radius 1 is 1.16 bits per heavy atom. The predicted molar refractivity (Wildman–Crippen MR) is 162 cm³/mol. The summed E-state index contributed by atoms with van der Waals surface area (Å²) in [6.07, 6.45) is 7.03. The van der Waals surface area contributed by atoms with Crippen molar-refractivity contribution in [2.75, 3.05) is 13.1 Å². The summed E-state index contributed by atoms with van der Waals surface area (Å²) in [5, 5.41) is 3.13. The molecule has 4 aliphatic rings. The highest BCUT2D eigenvalue weighted by Crippen LogP contribution is 2.61. The monoisotopic (exact) mass is 658 g/mol. The second-order valence-corrected chi connectivity index (χ2v) is 15.9. The van der Waals surface area contributed by atoms with Gasteiger partial charge in [-0.25, -0.2) is 0 Å². The molecule has 238 valence electrons. The number of nitrogens with one attached hydrogen (secondary N) is 1. The van der Waals surface area contributed by atoms with Gasteiger partial charge in [0, 0.05) is 47.7 Å². The van der Waals surface area contributed by atoms with Crippen LogP contribution in [0.1, 0.15) is 65.7 Å². The van der Waals surface area contributed by atoms with E-state index in [2.05, 4.69) is 17.2 Å². The van der Waals surface area contributed by atoms with Crippen LogP contribution in [0.2, 0.25) is 0 Å². The molecule has 1 aliphatic carbocycles. The van der Waals surface area contributed by atoms with E-state index < -0.39 is 36.8 Å². The van der Waals surface area contributed by atoms with Gasteiger partial charge >= 0.3 is 13.3 Å². The summed E-state index contributed by atoms with van der Waals surface area (Å²) in [5.41, 5.74) is -4.10. The third kappa shape index (κ3) is 5.27. The number of hydrogen-bond donors (Lipinski definition) is 3. The number of carbonyl (C=O) groups excluding carboxylic acids is 3. The molecule has 3 aromatic rings. The van der Waals surface area contributed by atoms with Crippen molar-refractivity contribution in [3.05, 3.63) is 64.8 Å². The first-order valence-electron chi connectivity index (χ1n) is 15.0. The summed E-state index contributed by atoms with van der Waals surface area (Å²) >= 11 is 1.04. The van der Waals surface area contributed by atoms with Crippen molar-refractivity contribution in [1.29, 1.82) is 0 Å². The summed E-state index contributed by atoms with van der Waals surface area (Å²) < 4.78 is 40.5. The zero-order valence-electron chi connectivity index (χ0n) is 24.4. The molecule has 10 nitrogen and oxygen atoms in total. The summed E-state index contributed by atoms with van der Waals surface area (Å²) in [6.45, 7) is 3.34. The average molecular weight is 659 g/mol. The highest BCUT2D eigenvalue weighted by atomic mass is 32.1. The number of thiophene rings is 1. The first-order valence-corrected chi connectivity index (χ1v) is 17.5. The number of nitrogens with zero attached hydrogens (tertiary/aromatic N) is 3. The molecule has 5 heterocycles. The molecule has 5 atom stereocenters. The smallest absolute Gasteiger partial charge is 0.340 e. The molecule has 45 heavy (non-hydrogen) atoms. The van der Waals surface area contributed by atoms with Gasteiger partial charge in [0.1, 0.15) is 12.1 Å². The van der Waals surface area contributed by atoms with Gasteiger partial charge < -0.3 is 24.9 Å². The van der Waals surface area contributed by atoms with E-state index in [0.29, 0.717) is 30.6 Å². The van der Waals surface area contributed by atoms with Crippen molar-refractivity contribution in [3.8, 4) is 0 Å². The van der Waals surface area contributed by atoms with Crippen LogP contribution in [0, 0.1) is 11.3 Å². The van der Waals surface area contributed by atoms with E-state index in [-0.39, 0.29) is 45.4 Å². The lowest BCUT2D eigenvalue weighted by atomic mass is 9.90. The number of alkyl halides is 2. The molecular formula is C31H33F2N4O6PS. The third-order valence-corrected chi connectivity index (χ3v) is 12.3. The molecule has 1 aromatic carbocycles. The van der Waals surface area contributed by atoms with Gasteiger partial charge in [-0.1, -0.05) is 19.1 Å². The highest BCUT2D eigenvalue weighted by Gasteiger charge is 2.58. The Balaban J connectivity index is 1.09. The summed E-state index contributed by atoms with van der Waals surface area (Å²) in [4.78, 5) is 67.5. The zero-order chi connectivity index (χ0) is 31.9. The Kier molecular flexibility index (Phi) is 7.20.